The average molecular weight is 369 g/mol. The van der Waals surface area contributed by atoms with Crippen LogP contribution in [0.3, 0.4) is 0 Å². The third-order valence-corrected chi connectivity index (χ3v) is 5.14. The SMILES string of the molecule is Nc1ncccc1-c1cc(CC2CC=C(Oc3ccc(F)cc3)S2)no1. The van der Waals surface area contributed by atoms with E-state index in [2.05, 4.69) is 10.1 Å². The molecule has 26 heavy (non-hydrogen) atoms. The Balaban J connectivity index is 1.36. The number of thioether (sulfide) groups is 1. The highest BCUT2D eigenvalue weighted by atomic mass is 32.2. The Bertz CT molecular complexity index is 940. The first-order chi connectivity index (χ1) is 12.7. The van der Waals surface area contributed by atoms with Gasteiger partial charge in [0, 0.05) is 23.9 Å². The van der Waals surface area contributed by atoms with Gasteiger partial charge in [0.1, 0.15) is 17.4 Å². The molecule has 0 amide bonds. The molecule has 2 N–H and O–H groups in total. The molecule has 5 nitrogen and oxygen atoms in total. The molecule has 2 aromatic heterocycles. The molecule has 0 aliphatic carbocycles. The van der Waals surface area contributed by atoms with Crippen LogP contribution in [0.2, 0.25) is 0 Å². The number of nitrogens with zero attached hydrogens (tertiary/aromatic N) is 2. The van der Waals surface area contributed by atoms with E-state index in [0.717, 1.165) is 29.2 Å². The first kappa shape index (κ1) is 16.7. The van der Waals surface area contributed by atoms with Crippen molar-refractivity contribution < 1.29 is 13.7 Å². The summed E-state index contributed by atoms with van der Waals surface area (Å²) in [7, 11) is 0. The summed E-state index contributed by atoms with van der Waals surface area (Å²) in [5, 5.41) is 5.27. The van der Waals surface area contributed by atoms with Crippen LogP contribution in [-0.4, -0.2) is 15.4 Å². The van der Waals surface area contributed by atoms with Gasteiger partial charge in [0.25, 0.3) is 0 Å². The number of benzene rings is 1. The molecule has 0 spiro atoms. The van der Waals surface area contributed by atoms with Gasteiger partial charge in [-0.2, -0.15) is 0 Å². The number of rotatable bonds is 5. The highest BCUT2D eigenvalue weighted by Crippen LogP contribution is 2.36. The second kappa shape index (κ2) is 7.21. The number of hydrogen-bond acceptors (Lipinski definition) is 6. The van der Waals surface area contributed by atoms with Gasteiger partial charge in [0.05, 0.1) is 11.3 Å². The van der Waals surface area contributed by atoms with Crippen molar-refractivity contribution in [1.82, 2.24) is 10.1 Å². The Kier molecular flexibility index (Phi) is 4.62. The van der Waals surface area contributed by atoms with E-state index in [1.54, 1.807) is 30.1 Å². The maximum absolute atomic E-state index is 13.0. The first-order valence-electron chi connectivity index (χ1n) is 8.14. The van der Waals surface area contributed by atoms with Crippen LogP contribution in [0.25, 0.3) is 11.3 Å². The predicted molar refractivity (Wildman–Crippen MR) is 99.0 cm³/mol. The van der Waals surface area contributed by atoms with E-state index in [4.69, 9.17) is 15.0 Å². The number of halogens is 1. The van der Waals surface area contributed by atoms with Gasteiger partial charge in [-0.3, -0.25) is 0 Å². The van der Waals surface area contributed by atoms with Crippen LogP contribution in [0.5, 0.6) is 5.75 Å². The van der Waals surface area contributed by atoms with Crippen LogP contribution >= 0.6 is 11.8 Å². The third-order valence-electron chi connectivity index (χ3n) is 3.96. The van der Waals surface area contributed by atoms with E-state index < -0.39 is 0 Å². The minimum absolute atomic E-state index is 0.278. The number of pyridine rings is 1. The molecule has 0 bridgehead atoms. The largest absolute Gasteiger partial charge is 0.451 e. The standard InChI is InChI=1S/C19H16FN3O2S/c20-12-3-5-14(6-4-12)24-18-8-7-15(26-18)10-13-11-17(25-23-13)16-2-1-9-22-19(16)21/h1-6,8-9,11,15H,7,10H2,(H2,21,22). The van der Waals surface area contributed by atoms with Gasteiger partial charge in [-0.05, 0) is 48.9 Å². The molecule has 1 unspecified atom stereocenters. The van der Waals surface area contributed by atoms with Gasteiger partial charge in [-0.1, -0.05) is 16.9 Å². The lowest BCUT2D eigenvalue weighted by Crippen LogP contribution is -2.03. The summed E-state index contributed by atoms with van der Waals surface area (Å²) in [5.41, 5.74) is 7.47. The van der Waals surface area contributed by atoms with Gasteiger partial charge < -0.3 is 15.0 Å². The van der Waals surface area contributed by atoms with Crippen LogP contribution in [-0.2, 0) is 6.42 Å². The molecule has 0 fully saturated rings. The number of anilines is 1. The highest BCUT2D eigenvalue weighted by molar-refractivity contribution is 8.03. The topological polar surface area (TPSA) is 74.2 Å². The lowest BCUT2D eigenvalue weighted by molar-refractivity contribution is 0.423. The minimum atomic E-state index is -0.278. The van der Waals surface area contributed by atoms with Gasteiger partial charge in [0.15, 0.2) is 10.9 Å². The van der Waals surface area contributed by atoms with Crippen LogP contribution in [0.1, 0.15) is 12.1 Å². The number of hydrogen-bond donors (Lipinski definition) is 1. The molecule has 7 heteroatoms. The zero-order chi connectivity index (χ0) is 17.9. The lowest BCUT2D eigenvalue weighted by Gasteiger charge is -2.09. The van der Waals surface area contributed by atoms with Crippen LogP contribution in [0.15, 0.2) is 64.4 Å². The Morgan fingerprint density at radius 1 is 1.27 bits per heavy atom. The van der Waals surface area contributed by atoms with Gasteiger partial charge in [-0.15, -0.1) is 0 Å². The zero-order valence-electron chi connectivity index (χ0n) is 13.8. The molecule has 0 saturated heterocycles. The van der Waals surface area contributed by atoms with Crippen molar-refractivity contribution in [2.45, 2.75) is 18.1 Å². The molecule has 1 aliphatic rings. The second-order valence-electron chi connectivity index (χ2n) is 5.88. The van der Waals surface area contributed by atoms with E-state index in [1.807, 2.05) is 24.3 Å². The Hall–Kier alpha value is -2.80. The van der Waals surface area contributed by atoms with Crippen molar-refractivity contribution in [3.05, 3.63) is 71.3 Å². The molecule has 4 rings (SSSR count). The zero-order valence-corrected chi connectivity index (χ0v) is 14.6. The quantitative estimate of drug-likeness (QED) is 0.717. The monoisotopic (exact) mass is 369 g/mol. The van der Waals surface area contributed by atoms with Crippen molar-refractivity contribution in [3.8, 4) is 17.1 Å². The molecule has 0 radical (unpaired) electrons. The van der Waals surface area contributed by atoms with Crippen LogP contribution in [0.4, 0.5) is 10.2 Å². The number of aromatic nitrogens is 2. The molecular weight excluding hydrogens is 353 g/mol. The molecule has 132 valence electrons. The molecule has 3 aromatic rings. The van der Waals surface area contributed by atoms with E-state index in [9.17, 15) is 4.39 Å². The fraction of sp³-hybridized carbons (Fsp3) is 0.158. The van der Waals surface area contributed by atoms with Crippen molar-refractivity contribution >= 4 is 17.6 Å². The van der Waals surface area contributed by atoms with E-state index in [-0.39, 0.29) is 5.82 Å². The fourth-order valence-electron chi connectivity index (χ4n) is 2.69. The lowest BCUT2D eigenvalue weighted by atomic mass is 10.1. The summed E-state index contributed by atoms with van der Waals surface area (Å²) in [5.74, 6) is 1.38. The summed E-state index contributed by atoms with van der Waals surface area (Å²) in [6, 6.07) is 11.6. The second-order valence-corrected chi connectivity index (χ2v) is 7.18. The van der Waals surface area contributed by atoms with Crippen molar-refractivity contribution in [1.29, 1.82) is 0 Å². The maximum atomic E-state index is 13.0. The normalized spacial score (nSPS) is 16.5. The van der Waals surface area contributed by atoms with E-state index in [1.165, 1.54) is 12.1 Å². The molecule has 0 saturated carbocycles. The number of allylic oxidation sites excluding steroid dienone is 1. The predicted octanol–water partition coefficient (Wildman–Crippen LogP) is 4.43. The average Bonchev–Trinajstić information content (AvgIpc) is 3.27. The minimum Gasteiger partial charge on any atom is -0.451 e. The first-order valence-corrected chi connectivity index (χ1v) is 9.02. The Morgan fingerprint density at radius 2 is 2.12 bits per heavy atom. The summed E-state index contributed by atoms with van der Waals surface area (Å²) < 4.78 is 24.1. The Labute approximate surface area is 154 Å². The summed E-state index contributed by atoms with van der Waals surface area (Å²) >= 11 is 1.64. The third kappa shape index (κ3) is 3.72. The maximum Gasteiger partial charge on any atom is 0.170 e. The van der Waals surface area contributed by atoms with Gasteiger partial charge in [-0.25, -0.2) is 9.37 Å². The highest BCUT2D eigenvalue weighted by Gasteiger charge is 2.22. The van der Waals surface area contributed by atoms with Crippen LogP contribution < -0.4 is 10.5 Å². The molecule has 3 heterocycles. The van der Waals surface area contributed by atoms with Crippen molar-refractivity contribution in [3.63, 3.8) is 0 Å². The van der Waals surface area contributed by atoms with Crippen molar-refractivity contribution in [2.24, 2.45) is 0 Å². The molecule has 1 atom stereocenters. The van der Waals surface area contributed by atoms with Gasteiger partial charge in [0.2, 0.25) is 0 Å². The van der Waals surface area contributed by atoms with E-state index >= 15 is 0 Å². The van der Waals surface area contributed by atoms with Crippen molar-refractivity contribution in [2.75, 3.05) is 5.73 Å². The summed E-state index contributed by atoms with van der Waals surface area (Å²) in [6.45, 7) is 0. The smallest absolute Gasteiger partial charge is 0.170 e. The molecule has 1 aliphatic heterocycles. The fourth-order valence-corrected chi connectivity index (χ4v) is 3.80. The summed E-state index contributed by atoms with van der Waals surface area (Å²) in [4.78, 5) is 4.06. The molecular formula is C19H16FN3O2S. The van der Waals surface area contributed by atoms with Crippen LogP contribution in [0, 0.1) is 5.82 Å². The van der Waals surface area contributed by atoms with E-state index in [0.29, 0.717) is 22.6 Å². The molecule has 1 aromatic carbocycles. The number of nitrogen functional groups attached to an aromatic ring is 1. The Morgan fingerprint density at radius 3 is 2.92 bits per heavy atom. The number of nitrogens with two attached hydrogens (primary N) is 1. The van der Waals surface area contributed by atoms with Gasteiger partial charge >= 0.3 is 0 Å². The number of ether oxygens (including phenoxy) is 1. The summed E-state index contributed by atoms with van der Waals surface area (Å²) in [6.07, 6.45) is 5.30.